The van der Waals surface area contributed by atoms with Gasteiger partial charge in [-0.1, -0.05) is 6.92 Å². The number of hydrogen-bond acceptors (Lipinski definition) is 4. The van der Waals surface area contributed by atoms with Crippen molar-refractivity contribution in [2.75, 3.05) is 13.1 Å². The van der Waals surface area contributed by atoms with E-state index in [4.69, 9.17) is 0 Å². The second-order valence-electron chi connectivity index (χ2n) is 5.42. The number of imidazole rings is 1. The maximum absolute atomic E-state index is 12.6. The van der Waals surface area contributed by atoms with Crippen LogP contribution in [0.3, 0.4) is 0 Å². The number of carbonyl (C=O) groups excluding carboxylic acids is 1. The first-order valence-corrected chi connectivity index (χ1v) is 8.29. The Balaban J connectivity index is 1.77. The van der Waals surface area contributed by atoms with Crippen LogP contribution < -0.4 is 0 Å². The Hall–Kier alpha value is -1.69. The predicted molar refractivity (Wildman–Crippen MR) is 82.6 cm³/mol. The smallest absolute Gasteiger partial charge is 0.265 e. The van der Waals surface area contributed by atoms with E-state index in [9.17, 15) is 4.79 Å². The van der Waals surface area contributed by atoms with Crippen molar-refractivity contribution in [2.24, 2.45) is 0 Å². The Morgan fingerprint density at radius 1 is 1.48 bits per heavy atom. The van der Waals surface area contributed by atoms with Crippen molar-refractivity contribution in [2.45, 2.75) is 39.2 Å². The molecule has 1 atom stereocenters. The van der Waals surface area contributed by atoms with Crippen molar-refractivity contribution in [3.8, 4) is 0 Å². The van der Waals surface area contributed by atoms with Gasteiger partial charge in [-0.3, -0.25) is 4.79 Å². The lowest BCUT2D eigenvalue weighted by atomic mass is 10.0. The van der Waals surface area contributed by atoms with Gasteiger partial charge in [0.05, 0.1) is 17.2 Å². The molecule has 2 aromatic heterocycles. The van der Waals surface area contributed by atoms with Crippen molar-refractivity contribution < 1.29 is 4.79 Å². The number of amides is 1. The lowest BCUT2D eigenvalue weighted by molar-refractivity contribution is 0.0682. The fourth-order valence-electron chi connectivity index (χ4n) is 2.97. The number of rotatable bonds is 3. The van der Waals surface area contributed by atoms with Gasteiger partial charge in [0, 0.05) is 31.9 Å². The van der Waals surface area contributed by atoms with Gasteiger partial charge in [-0.15, -0.1) is 11.3 Å². The quantitative estimate of drug-likeness (QED) is 0.876. The van der Waals surface area contributed by atoms with Gasteiger partial charge in [0.2, 0.25) is 0 Å². The summed E-state index contributed by atoms with van der Waals surface area (Å²) in [5.74, 6) is 1.22. The SMILES string of the molecule is CCc1nccn1[C@H]1CCCN(C(=O)c2scnc2C)C1. The van der Waals surface area contributed by atoms with Crippen LogP contribution in [0.2, 0.25) is 0 Å². The molecule has 0 N–H and O–H groups in total. The minimum Gasteiger partial charge on any atom is -0.336 e. The molecule has 0 aromatic carbocycles. The molecule has 5 nitrogen and oxygen atoms in total. The molecule has 1 aliphatic rings. The second kappa shape index (κ2) is 5.97. The van der Waals surface area contributed by atoms with E-state index in [2.05, 4.69) is 21.5 Å². The minimum absolute atomic E-state index is 0.123. The number of likely N-dealkylation sites (tertiary alicyclic amines) is 1. The van der Waals surface area contributed by atoms with Gasteiger partial charge in [0.25, 0.3) is 5.91 Å². The Labute approximate surface area is 128 Å². The van der Waals surface area contributed by atoms with Crippen LogP contribution in [0.5, 0.6) is 0 Å². The normalized spacial score (nSPS) is 19.0. The fourth-order valence-corrected chi connectivity index (χ4v) is 3.74. The summed E-state index contributed by atoms with van der Waals surface area (Å²) in [7, 11) is 0. The van der Waals surface area contributed by atoms with Crippen LogP contribution in [0.1, 0.15) is 47.0 Å². The van der Waals surface area contributed by atoms with E-state index in [0.717, 1.165) is 48.7 Å². The molecule has 2 aromatic rings. The topological polar surface area (TPSA) is 51.0 Å². The molecule has 1 saturated heterocycles. The second-order valence-corrected chi connectivity index (χ2v) is 6.27. The highest BCUT2D eigenvalue weighted by atomic mass is 32.1. The number of aryl methyl sites for hydroxylation is 2. The first kappa shape index (κ1) is 14.3. The van der Waals surface area contributed by atoms with Crippen LogP contribution in [-0.2, 0) is 6.42 Å². The van der Waals surface area contributed by atoms with Gasteiger partial charge >= 0.3 is 0 Å². The van der Waals surface area contributed by atoms with Gasteiger partial charge in [-0.05, 0) is 19.8 Å². The Bertz CT molecular complexity index is 633. The average molecular weight is 304 g/mol. The molecule has 112 valence electrons. The Morgan fingerprint density at radius 3 is 3.05 bits per heavy atom. The average Bonchev–Trinajstić information content (AvgIpc) is 3.15. The van der Waals surface area contributed by atoms with Gasteiger partial charge in [0.1, 0.15) is 10.7 Å². The van der Waals surface area contributed by atoms with E-state index in [1.165, 1.54) is 11.3 Å². The zero-order chi connectivity index (χ0) is 14.8. The van der Waals surface area contributed by atoms with Gasteiger partial charge in [-0.2, -0.15) is 0 Å². The van der Waals surface area contributed by atoms with Gasteiger partial charge < -0.3 is 9.47 Å². The summed E-state index contributed by atoms with van der Waals surface area (Å²) in [6.07, 6.45) is 6.96. The highest BCUT2D eigenvalue weighted by Gasteiger charge is 2.27. The highest BCUT2D eigenvalue weighted by molar-refractivity contribution is 7.11. The van der Waals surface area contributed by atoms with Crippen molar-refractivity contribution >= 4 is 17.2 Å². The fraction of sp³-hybridized carbons (Fsp3) is 0.533. The van der Waals surface area contributed by atoms with Crippen LogP contribution in [0.25, 0.3) is 0 Å². The summed E-state index contributed by atoms with van der Waals surface area (Å²) in [5.41, 5.74) is 2.58. The van der Waals surface area contributed by atoms with Crippen molar-refractivity contribution in [3.63, 3.8) is 0 Å². The summed E-state index contributed by atoms with van der Waals surface area (Å²) in [6.45, 7) is 5.61. The molecule has 0 radical (unpaired) electrons. The Morgan fingerprint density at radius 2 is 2.33 bits per heavy atom. The number of thiazole rings is 1. The standard InChI is InChI=1S/C15H20N4OS/c1-3-13-16-6-8-19(13)12-5-4-7-18(9-12)15(20)14-11(2)17-10-21-14/h6,8,10,12H,3-5,7,9H2,1-2H3/t12-/m0/s1. The minimum atomic E-state index is 0.123. The summed E-state index contributed by atoms with van der Waals surface area (Å²) in [6, 6.07) is 0.341. The lowest BCUT2D eigenvalue weighted by Gasteiger charge is -2.34. The molecule has 0 spiro atoms. The van der Waals surface area contributed by atoms with E-state index in [0.29, 0.717) is 6.04 Å². The first-order chi connectivity index (χ1) is 10.2. The van der Waals surface area contributed by atoms with Crippen molar-refractivity contribution in [1.82, 2.24) is 19.4 Å². The summed E-state index contributed by atoms with van der Waals surface area (Å²) >= 11 is 1.44. The largest absolute Gasteiger partial charge is 0.336 e. The summed E-state index contributed by atoms with van der Waals surface area (Å²) in [5, 5.41) is 0. The third-order valence-electron chi connectivity index (χ3n) is 4.08. The predicted octanol–water partition coefficient (Wildman–Crippen LogP) is 2.69. The van der Waals surface area contributed by atoms with Gasteiger partial charge in [-0.25, -0.2) is 9.97 Å². The van der Waals surface area contributed by atoms with E-state index in [-0.39, 0.29) is 5.91 Å². The summed E-state index contributed by atoms with van der Waals surface area (Å²) < 4.78 is 2.24. The van der Waals surface area contributed by atoms with Gasteiger partial charge in [0.15, 0.2) is 0 Å². The van der Waals surface area contributed by atoms with Crippen molar-refractivity contribution in [3.05, 3.63) is 34.3 Å². The molecule has 3 heterocycles. The van der Waals surface area contributed by atoms with E-state index in [1.54, 1.807) is 5.51 Å². The van der Waals surface area contributed by atoms with E-state index >= 15 is 0 Å². The Kier molecular flexibility index (Phi) is 4.05. The molecule has 1 amide bonds. The monoisotopic (exact) mass is 304 g/mol. The molecule has 0 saturated carbocycles. The zero-order valence-electron chi connectivity index (χ0n) is 12.5. The number of aromatic nitrogens is 3. The molecular formula is C15H20N4OS. The maximum Gasteiger partial charge on any atom is 0.265 e. The molecular weight excluding hydrogens is 284 g/mol. The molecule has 0 aliphatic carbocycles. The number of carbonyl (C=O) groups is 1. The zero-order valence-corrected chi connectivity index (χ0v) is 13.3. The third-order valence-corrected chi connectivity index (χ3v) is 5.00. The van der Waals surface area contributed by atoms with Crippen molar-refractivity contribution in [1.29, 1.82) is 0 Å². The lowest BCUT2D eigenvalue weighted by Crippen LogP contribution is -2.40. The van der Waals surface area contributed by atoms with Crippen LogP contribution in [0, 0.1) is 6.92 Å². The molecule has 0 bridgehead atoms. The van der Waals surface area contributed by atoms with Crippen LogP contribution >= 0.6 is 11.3 Å². The maximum atomic E-state index is 12.6. The first-order valence-electron chi connectivity index (χ1n) is 7.41. The molecule has 21 heavy (non-hydrogen) atoms. The molecule has 3 rings (SSSR count). The molecule has 1 fully saturated rings. The van der Waals surface area contributed by atoms with Crippen LogP contribution in [0.15, 0.2) is 17.9 Å². The molecule has 1 aliphatic heterocycles. The third kappa shape index (κ3) is 2.72. The highest BCUT2D eigenvalue weighted by Crippen LogP contribution is 2.25. The van der Waals surface area contributed by atoms with E-state index in [1.807, 2.05) is 24.2 Å². The number of nitrogens with zero attached hydrogens (tertiary/aromatic N) is 4. The number of piperidine rings is 1. The molecule has 6 heteroatoms. The van der Waals surface area contributed by atoms with E-state index < -0.39 is 0 Å². The van der Waals surface area contributed by atoms with Crippen LogP contribution in [-0.4, -0.2) is 38.4 Å². The van der Waals surface area contributed by atoms with Crippen LogP contribution in [0.4, 0.5) is 0 Å². The number of hydrogen-bond donors (Lipinski definition) is 0. The molecule has 0 unspecified atom stereocenters. The summed E-state index contributed by atoms with van der Waals surface area (Å²) in [4.78, 5) is 23.9.